The molecule has 0 N–H and O–H groups in total. The molecule has 1 atom stereocenters. The summed E-state index contributed by atoms with van der Waals surface area (Å²) < 4.78 is 10.3. The van der Waals surface area contributed by atoms with Crippen LogP contribution in [0.25, 0.3) is 0 Å². The monoisotopic (exact) mass is 316 g/mol. The number of hydrogen-bond donors (Lipinski definition) is 0. The maximum Gasteiger partial charge on any atom is 0.410 e. The molecule has 6 nitrogen and oxygen atoms in total. The Bertz CT molecular complexity index is 366. The Balaban J connectivity index is 0.00000441. The molecule has 1 amide bonds. The first-order chi connectivity index (χ1) is 9.73. The van der Waals surface area contributed by atoms with Gasteiger partial charge >= 0.3 is 12.1 Å². The van der Waals surface area contributed by atoms with Crippen molar-refractivity contribution in [2.75, 3.05) is 32.8 Å². The molecule has 0 saturated carbocycles. The van der Waals surface area contributed by atoms with Crippen LogP contribution in [-0.4, -0.2) is 66.3 Å². The van der Waals surface area contributed by atoms with Crippen LogP contribution in [0.2, 0.25) is 0 Å². The highest BCUT2D eigenvalue weighted by Crippen LogP contribution is 2.15. The molecule has 0 aromatic heterocycles. The lowest BCUT2D eigenvalue weighted by atomic mass is 10.2. The summed E-state index contributed by atoms with van der Waals surface area (Å²) in [6, 6.07) is 0.209. The molecular formula is C16H32N2O4. The van der Waals surface area contributed by atoms with E-state index < -0.39 is 5.60 Å². The number of esters is 1. The van der Waals surface area contributed by atoms with Gasteiger partial charge in [0.05, 0.1) is 13.0 Å². The van der Waals surface area contributed by atoms with Gasteiger partial charge in [-0.2, -0.15) is 0 Å². The van der Waals surface area contributed by atoms with Gasteiger partial charge in [-0.25, -0.2) is 4.79 Å². The van der Waals surface area contributed by atoms with Gasteiger partial charge in [-0.05, 0) is 34.6 Å². The van der Waals surface area contributed by atoms with Crippen molar-refractivity contribution in [3.63, 3.8) is 0 Å². The highest BCUT2D eigenvalue weighted by atomic mass is 16.6. The minimum Gasteiger partial charge on any atom is -0.466 e. The summed E-state index contributed by atoms with van der Waals surface area (Å²) in [5, 5.41) is 0. The van der Waals surface area contributed by atoms with Crippen molar-refractivity contribution in [1.82, 2.24) is 9.80 Å². The third-order valence-electron chi connectivity index (χ3n) is 3.33. The lowest BCUT2D eigenvalue weighted by Gasteiger charge is -2.40. The first kappa shape index (κ1) is 20.7. The molecule has 0 radical (unpaired) electrons. The summed E-state index contributed by atoms with van der Waals surface area (Å²) in [5.74, 6) is -0.167. The Morgan fingerprint density at radius 2 is 1.86 bits per heavy atom. The molecule has 0 unspecified atom stereocenters. The molecule has 0 bridgehead atoms. The van der Waals surface area contributed by atoms with Crippen LogP contribution in [0, 0.1) is 0 Å². The average molecular weight is 316 g/mol. The second-order valence-electron chi connectivity index (χ2n) is 6.37. The molecule has 22 heavy (non-hydrogen) atoms. The Kier molecular flexibility index (Phi) is 8.45. The molecule has 130 valence electrons. The fourth-order valence-corrected chi connectivity index (χ4v) is 2.29. The largest absolute Gasteiger partial charge is 0.466 e. The number of carbonyl (C=O) groups is 2. The van der Waals surface area contributed by atoms with E-state index in [0.29, 0.717) is 32.7 Å². The van der Waals surface area contributed by atoms with Gasteiger partial charge in [-0.3, -0.25) is 9.69 Å². The van der Waals surface area contributed by atoms with Crippen LogP contribution in [0.3, 0.4) is 0 Å². The van der Waals surface area contributed by atoms with Gasteiger partial charge in [-0.15, -0.1) is 0 Å². The summed E-state index contributed by atoms with van der Waals surface area (Å²) in [5.41, 5.74) is -0.471. The minimum absolute atomic E-state index is 0. The highest BCUT2D eigenvalue weighted by molar-refractivity contribution is 5.69. The van der Waals surface area contributed by atoms with E-state index in [1.54, 1.807) is 11.8 Å². The SMILES string of the molecule is C.CCOC(=O)CCN1CCN(C(=O)OC(C)(C)C)C[C@@H]1C. The molecule has 1 saturated heterocycles. The van der Waals surface area contributed by atoms with Crippen molar-refractivity contribution in [2.24, 2.45) is 0 Å². The van der Waals surface area contributed by atoms with Crippen LogP contribution < -0.4 is 0 Å². The number of amides is 1. The average Bonchev–Trinajstić information content (AvgIpc) is 2.35. The van der Waals surface area contributed by atoms with E-state index >= 15 is 0 Å². The maximum absolute atomic E-state index is 12.0. The van der Waals surface area contributed by atoms with Crippen LogP contribution >= 0.6 is 0 Å². The molecule has 6 heteroatoms. The molecule has 0 spiro atoms. The van der Waals surface area contributed by atoms with Crippen molar-refractivity contribution in [1.29, 1.82) is 0 Å². The predicted molar refractivity (Wildman–Crippen MR) is 86.8 cm³/mol. The molecule has 1 aliphatic rings. The zero-order chi connectivity index (χ0) is 16.0. The Morgan fingerprint density at radius 3 is 2.36 bits per heavy atom. The second-order valence-corrected chi connectivity index (χ2v) is 6.37. The summed E-state index contributed by atoms with van der Waals surface area (Å²) in [4.78, 5) is 27.4. The molecule has 0 aliphatic carbocycles. The van der Waals surface area contributed by atoms with Crippen LogP contribution in [-0.2, 0) is 14.3 Å². The number of rotatable bonds is 4. The Hall–Kier alpha value is -1.30. The molecule has 0 aromatic carbocycles. The molecule has 1 aliphatic heterocycles. The van der Waals surface area contributed by atoms with Crippen LogP contribution in [0.4, 0.5) is 4.79 Å². The molecule has 1 fully saturated rings. The van der Waals surface area contributed by atoms with Gasteiger partial charge in [0, 0.05) is 32.2 Å². The summed E-state index contributed by atoms with van der Waals surface area (Å²) >= 11 is 0. The van der Waals surface area contributed by atoms with Gasteiger partial charge < -0.3 is 14.4 Å². The highest BCUT2D eigenvalue weighted by Gasteiger charge is 2.29. The van der Waals surface area contributed by atoms with E-state index in [1.165, 1.54) is 0 Å². The lowest BCUT2D eigenvalue weighted by Crippen LogP contribution is -2.54. The predicted octanol–water partition coefficient (Wildman–Crippen LogP) is 2.52. The van der Waals surface area contributed by atoms with E-state index in [-0.39, 0.29) is 25.5 Å². The summed E-state index contributed by atoms with van der Waals surface area (Å²) in [6.45, 7) is 12.5. The van der Waals surface area contributed by atoms with Gasteiger partial charge in [0.2, 0.25) is 0 Å². The smallest absolute Gasteiger partial charge is 0.410 e. The Morgan fingerprint density at radius 1 is 1.23 bits per heavy atom. The third kappa shape index (κ3) is 7.11. The van der Waals surface area contributed by atoms with Crippen LogP contribution in [0.1, 0.15) is 48.5 Å². The first-order valence-corrected chi connectivity index (χ1v) is 7.60. The third-order valence-corrected chi connectivity index (χ3v) is 3.33. The van der Waals surface area contributed by atoms with Crippen molar-refractivity contribution >= 4 is 12.1 Å². The quantitative estimate of drug-likeness (QED) is 0.746. The standard InChI is InChI=1S/C15H28N2O4.CH4/c1-6-20-13(18)7-8-16-9-10-17(11-12(16)2)14(19)21-15(3,4)5;/h12H,6-11H2,1-5H3;1H4/t12-;/m0./s1. The van der Waals surface area contributed by atoms with Crippen molar-refractivity contribution < 1.29 is 19.1 Å². The van der Waals surface area contributed by atoms with Crippen molar-refractivity contribution in [2.45, 2.75) is 60.1 Å². The Labute approximate surface area is 134 Å². The first-order valence-electron chi connectivity index (χ1n) is 7.60. The number of piperazine rings is 1. The maximum atomic E-state index is 12.0. The number of nitrogens with zero attached hydrogens (tertiary/aromatic N) is 2. The van der Waals surface area contributed by atoms with Gasteiger partial charge in [-0.1, -0.05) is 7.43 Å². The van der Waals surface area contributed by atoms with Gasteiger partial charge in [0.25, 0.3) is 0 Å². The molecule has 0 aromatic rings. The minimum atomic E-state index is -0.471. The second kappa shape index (κ2) is 8.98. The van der Waals surface area contributed by atoms with E-state index in [9.17, 15) is 9.59 Å². The lowest BCUT2D eigenvalue weighted by molar-refractivity contribution is -0.143. The molecular weight excluding hydrogens is 284 g/mol. The van der Waals surface area contributed by atoms with Crippen LogP contribution in [0.15, 0.2) is 0 Å². The van der Waals surface area contributed by atoms with E-state index in [1.807, 2.05) is 20.8 Å². The fourth-order valence-electron chi connectivity index (χ4n) is 2.29. The van der Waals surface area contributed by atoms with E-state index in [4.69, 9.17) is 9.47 Å². The molecule has 1 heterocycles. The van der Waals surface area contributed by atoms with E-state index in [0.717, 1.165) is 6.54 Å². The fraction of sp³-hybridized carbons (Fsp3) is 0.875. The number of ether oxygens (including phenoxy) is 2. The van der Waals surface area contributed by atoms with E-state index in [2.05, 4.69) is 11.8 Å². The van der Waals surface area contributed by atoms with Gasteiger partial charge in [0.15, 0.2) is 0 Å². The zero-order valence-electron chi connectivity index (χ0n) is 13.8. The number of carbonyl (C=O) groups excluding carboxylic acids is 2. The summed E-state index contributed by atoms with van der Waals surface area (Å²) in [7, 11) is 0. The molecule has 1 rings (SSSR count). The number of hydrogen-bond acceptors (Lipinski definition) is 5. The zero-order valence-corrected chi connectivity index (χ0v) is 13.8. The topological polar surface area (TPSA) is 59.1 Å². The van der Waals surface area contributed by atoms with Crippen molar-refractivity contribution in [3.8, 4) is 0 Å². The summed E-state index contributed by atoms with van der Waals surface area (Å²) in [6.07, 6.45) is 0.129. The normalized spacial score (nSPS) is 19.3. The van der Waals surface area contributed by atoms with Crippen LogP contribution in [0.5, 0.6) is 0 Å². The van der Waals surface area contributed by atoms with Gasteiger partial charge in [0.1, 0.15) is 5.60 Å². The van der Waals surface area contributed by atoms with Crippen molar-refractivity contribution in [3.05, 3.63) is 0 Å².